The Balaban J connectivity index is 1.50. The molecule has 7 heteroatoms. The minimum atomic E-state index is -0.248. The van der Waals surface area contributed by atoms with E-state index >= 15 is 0 Å². The van der Waals surface area contributed by atoms with Gasteiger partial charge in [-0.3, -0.25) is 4.79 Å². The number of methoxy groups -OCH3 is 2. The number of amides is 3. The number of rotatable bonds is 8. The quantitative estimate of drug-likeness (QED) is 0.699. The summed E-state index contributed by atoms with van der Waals surface area (Å²) in [6.45, 7) is 2.40. The van der Waals surface area contributed by atoms with E-state index in [0.29, 0.717) is 18.0 Å². The molecule has 1 aliphatic rings. The molecule has 7 nitrogen and oxygen atoms in total. The van der Waals surface area contributed by atoms with Crippen LogP contribution in [0.1, 0.15) is 25.3 Å². The SMILES string of the molecule is COc1ccc(N2C[C@@H](NC(=O)N[C@@H](C)CCc3ccccc3)CC2=O)cc1OC. The van der Waals surface area contributed by atoms with Gasteiger partial charge in [-0.15, -0.1) is 0 Å². The van der Waals surface area contributed by atoms with Crippen molar-refractivity contribution >= 4 is 17.6 Å². The number of nitrogens with one attached hydrogen (secondary N) is 2. The van der Waals surface area contributed by atoms with Crippen LogP contribution in [-0.2, 0) is 11.2 Å². The fourth-order valence-corrected chi connectivity index (χ4v) is 3.60. The average Bonchev–Trinajstić information content (AvgIpc) is 3.12. The maximum Gasteiger partial charge on any atom is 0.315 e. The second-order valence-corrected chi connectivity index (χ2v) is 7.49. The number of anilines is 1. The molecule has 0 radical (unpaired) electrons. The molecule has 0 unspecified atom stereocenters. The van der Waals surface area contributed by atoms with Crippen molar-refractivity contribution in [3.05, 3.63) is 54.1 Å². The van der Waals surface area contributed by atoms with E-state index in [4.69, 9.17) is 9.47 Å². The van der Waals surface area contributed by atoms with Crippen LogP contribution in [0.15, 0.2) is 48.5 Å². The standard InChI is InChI=1S/C23H29N3O4/c1-16(9-10-17-7-5-4-6-8-17)24-23(28)25-18-13-22(27)26(15-18)19-11-12-20(29-2)21(14-19)30-3/h4-8,11-12,14,16,18H,9-10,13,15H2,1-3H3,(H2,24,25,28)/t16-,18-/m0/s1. The van der Waals surface area contributed by atoms with Crippen LogP contribution in [0, 0.1) is 0 Å². The molecule has 30 heavy (non-hydrogen) atoms. The van der Waals surface area contributed by atoms with Crippen LogP contribution in [0.4, 0.5) is 10.5 Å². The van der Waals surface area contributed by atoms with E-state index in [9.17, 15) is 9.59 Å². The van der Waals surface area contributed by atoms with Crippen LogP contribution in [0.3, 0.4) is 0 Å². The van der Waals surface area contributed by atoms with E-state index in [2.05, 4.69) is 22.8 Å². The Hall–Kier alpha value is -3.22. The zero-order chi connectivity index (χ0) is 21.5. The third-order valence-electron chi connectivity index (χ3n) is 5.23. The first-order chi connectivity index (χ1) is 14.5. The molecule has 1 saturated heterocycles. The van der Waals surface area contributed by atoms with Crippen molar-refractivity contribution in [2.24, 2.45) is 0 Å². The topological polar surface area (TPSA) is 79.9 Å². The largest absolute Gasteiger partial charge is 0.493 e. The Kier molecular flexibility index (Phi) is 7.17. The van der Waals surface area contributed by atoms with Crippen molar-refractivity contribution in [2.75, 3.05) is 25.7 Å². The van der Waals surface area contributed by atoms with Gasteiger partial charge in [-0.25, -0.2) is 4.79 Å². The third kappa shape index (κ3) is 5.43. The number of urea groups is 1. The van der Waals surface area contributed by atoms with Crippen molar-refractivity contribution < 1.29 is 19.1 Å². The number of aryl methyl sites for hydroxylation is 1. The maximum absolute atomic E-state index is 12.5. The van der Waals surface area contributed by atoms with E-state index < -0.39 is 0 Å². The molecule has 3 amide bonds. The lowest BCUT2D eigenvalue weighted by molar-refractivity contribution is -0.117. The van der Waals surface area contributed by atoms with E-state index in [1.165, 1.54) is 5.56 Å². The van der Waals surface area contributed by atoms with Crippen LogP contribution in [0.5, 0.6) is 11.5 Å². The maximum atomic E-state index is 12.5. The number of ether oxygens (including phenoxy) is 2. The van der Waals surface area contributed by atoms with Crippen molar-refractivity contribution in [2.45, 2.75) is 38.3 Å². The van der Waals surface area contributed by atoms with Crippen molar-refractivity contribution in [3.8, 4) is 11.5 Å². The minimum absolute atomic E-state index is 0.0317. The van der Waals surface area contributed by atoms with Gasteiger partial charge in [-0.2, -0.15) is 0 Å². The highest BCUT2D eigenvalue weighted by Gasteiger charge is 2.32. The fraction of sp³-hybridized carbons (Fsp3) is 0.391. The second-order valence-electron chi connectivity index (χ2n) is 7.49. The Morgan fingerprint density at radius 3 is 2.57 bits per heavy atom. The van der Waals surface area contributed by atoms with Gasteiger partial charge in [-0.1, -0.05) is 30.3 Å². The zero-order valence-corrected chi connectivity index (χ0v) is 17.7. The minimum Gasteiger partial charge on any atom is -0.493 e. The van der Waals surface area contributed by atoms with Gasteiger partial charge in [0.1, 0.15) is 0 Å². The highest BCUT2D eigenvalue weighted by atomic mass is 16.5. The first-order valence-corrected chi connectivity index (χ1v) is 10.1. The zero-order valence-electron chi connectivity index (χ0n) is 17.7. The molecule has 3 rings (SSSR count). The summed E-state index contributed by atoms with van der Waals surface area (Å²) in [5.74, 6) is 1.13. The number of carbonyl (C=O) groups excluding carboxylic acids is 2. The van der Waals surface area contributed by atoms with Crippen LogP contribution < -0.4 is 25.0 Å². The molecule has 0 aromatic heterocycles. The molecule has 1 aliphatic heterocycles. The summed E-state index contributed by atoms with van der Waals surface area (Å²) in [4.78, 5) is 26.5. The van der Waals surface area contributed by atoms with Gasteiger partial charge < -0.3 is 25.0 Å². The molecule has 2 N–H and O–H groups in total. The molecular weight excluding hydrogens is 382 g/mol. The molecule has 0 saturated carbocycles. The molecule has 0 aliphatic carbocycles. The van der Waals surface area contributed by atoms with Gasteiger partial charge in [0, 0.05) is 30.8 Å². The molecule has 2 aromatic carbocycles. The molecule has 160 valence electrons. The van der Waals surface area contributed by atoms with Gasteiger partial charge in [0.15, 0.2) is 11.5 Å². The Morgan fingerprint density at radius 2 is 1.87 bits per heavy atom. The van der Waals surface area contributed by atoms with Gasteiger partial charge in [0.05, 0.1) is 20.3 Å². The smallest absolute Gasteiger partial charge is 0.315 e. The van der Waals surface area contributed by atoms with Gasteiger partial charge >= 0.3 is 6.03 Å². The molecule has 2 atom stereocenters. The second kappa shape index (κ2) is 10.0. The van der Waals surface area contributed by atoms with Gasteiger partial charge in [0.25, 0.3) is 0 Å². The number of hydrogen-bond acceptors (Lipinski definition) is 4. The highest BCUT2D eigenvalue weighted by molar-refractivity contribution is 5.97. The van der Waals surface area contributed by atoms with Gasteiger partial charge in [0.2, 0.25) is 5.91 Å². The van der Waals surface area contributed by atoms with E-state index in [0.717, 1.165) is 18.5 Å². The number of carbonyl (C=O) groups is 2. The predicted octanol–water partition coefficient (Wildman–Crippen LogP) is 3.13. The Morgan fingerprint density at radius 1 is 1.13 bits per heavy atom. The van der Waals surface area contributed by atoms with E-state index in [-0.39, 0.29) is 30.4 Å². The number of nitrogens with zero attached hydrogens (tertiary/aromatic N) is 1. The molecule has 0 bridgehead atoms. The first kappa shape index (κ1) is 21.5. The van der Waals surface area contributed by atoms with Gasteiger partial charge in [-0.05, 0) is 37.5 Å². The fourth-order valence-electron chi connectivity index (χ4n) is 3.60. The lowest BCUT2D eigenvalue weighted by Gasteiger charge is -2.20. The monoisotopic (exact) mass is 411 g/mol. The summed E-state index contributed by atoms with van der Waals surface area (Å²) in [5.41, 5.74) is 1.97. The highest BCUT2D eigenvalue weighted by Crippen LogP contribution is 2.33. The summed E-state index contributed by atoms with van der Waals surface area (Å²) < 4.78 is 10.6. The summed E-state index contributed by atoms with van der Waals surface area (Å²) in [6.07, 6.45) is 2.01. The number of hydrogen-bond donors (Lipinski definition) is 2. The lowest BCUT2D eigenvalue weighted by atomic mass is 10.1. The first-order valence-electron chi connectivity index (χ1n) is 10.1. The molecule has 0 spiro atoms. The molecule has 2 aromatic rings. The van der Waals surface area contributed by atoms with Crippen molar-refractivity contribution in [1.29, 1.82) is 0 Å². The number of benzene rings is 2. The van der Waals surface area contributed by atoms with Crippen LogP contribution in [0.25, 0.3) is 0 Å². The van der Waals surface area contributed by atoms with Crippen molar-refractivity contribution in [3.63, 3.8) is 0 Å². The lowest BCUT2D eigenvalue weighted by Crippen LogP contribution is -2.46. The summed E-state index contributed by atoms with van der Waals surface area (Å²) >= 11 is 0. The van der Waals surface area contributed by atoms with E-state index in [1.54, 1.807) is 31.3 Å². The van der Waals surface area contributed by atoms with Crippen LogP contribution >= 0.6 is 0 Å². The molecular formula is C23H29N3O4. The summed E-state index contributed by atoms with van der Waals surface area (Å²) in [6, 6.07) is 15.1. The third-order valence-corrected chi connectivity index (χ3v) is 5.23. The predicted molar refractivity (Wildman–Crippen MR) is 116 cm³/mol. The van der Waals surface area contributed by atoms with E-state index in [1.807, 2.05) is 31.2 Å². The van der Waals surface area contributed by atoms with Crippen LogP contribution in [-0.4, -0.2) is 44.8 Å². The molecule has 1 fully saturated rings. The normalized spacial score (nSPS) is 16.8. The summed E-state index contributed by atoms with van der Waals surface area (Å²) in [5, 5.41) is 5.88. The Labute approximate surface area is 177 Å². The van der Waals surface area contributed by atoms with Crippen LogP contribution in [0.2, 0.25) is 0 Å². The average molecular weight is 412 g/mol. The summed E-state index contributed by atoms with van der Waals surface area (Å²) in [7, 11) is 3.12. The molecule has 1 heterocycles. The van der Waals surface area contributed by atoms with Crippen molar-refractivity contribution in [1.82, 2.24) is 10.6 Å². The Bertz CT molecular complexity index is 872.